The molecule has 1 aliphatic rings. The van der Waals surface area contributed by atoms with Crippen molar-refractivity contribution in [3.05, 3.63) is 41.5 Å². The van der Waals surface area contributed by atoms with E-state index >= 15 is 0 Å². The van der Waals surface area contributed by atoms with Gasteiger partial charge >= 0.3 is 17.8 Å². The predicted molar refractivity (Wildman–Crippen MR) is 81.5 cm³/mol. The normalized spacial score (nSPS) is 13.4. The molecule has 126 valence electrons. The molecule has 1 aromatic heterocycles. The monoisotopic (exact) mass is 331 g/mol. The molecule has 0 aliphatic heterocycles. The number of carbonyl (C=O) groups excluding carboxylic acids is 2. The van der Waals surface area contributed by atoms with Gasteiger partial charge in [-0.25, -0.2) is 4.79 Å². The summed E-state index contributed by atoms with van der Waals surface area (Å²) in [5.41, 5.74) is 0.430. The van der Waals surface area contributed by atoms with Crippen LogP contribution in [-0.4, -0.2) is 35.7 Å². The van der Waals surface area contributed by atoms with E-state index in [0.717, 1.165) is 12.8 Å². The number of nitrogens with zero attached hydrogens (tertiary/aromatic N) is 2. The lowest BCUT2D eigenvalue weighted by Crippen LogP contribution is -2.25. The lowest BCUT2D eigenvalue weighted by molar-refractivity contribution is 0.0600. The highest BCUT2D eigenvalue weighted by molar-refractivity contribution is 5.89. The number of aromatic nitrogens is 2. The predicted octanol–water partition coefficient (Wildman–Crippen LogP) is 1.57. The minimum Gasteiger partial charge on any atom is -0.485 e. The van der Waals surface area contributed by atoms with Gasteiger partial charge in [0, 0.05) is 6.54 Å². The van der Waals surface area contributed by atoms with Crippen LogP contribution in [-0.2, 0) is 11.3 Å². The van der Waals surface area contributed by atoms with Gasteiger partial charge in [0.05, 0.1) is 12.7 Å². The third-order valence-electron chi connectivity index (χ3n) is 3.55. The van der Waals surface area contributed by atoms with E-state index in [1.165, 1.54) is 7.11 Å². The zero-order valence-corrected chi connectivity index (χ0v) is 13.2. The van der Waals surface area contributed by atoms with Gasteiger partial charge in [0.25, 0.3) is 0 Å². The Morgan fingerprint density at radius 2 is 2.04 bits per heavy atom. The molecule has 1 aromatic carbocycles. The Hall–Kier alpha value is -2.90. The number of esters is 1. The average Bonchev–Trinajstić information content (AvgIpc) is 3.33. The number of benzene rings is 1. The minimum atomic E-state index is -0.415. The molecule has 1 fully saturated rings. The highest BCUT2D eigenvalue weighted by atomic mass is 16.5. The van der Waals surface area contributed by atoms with Crippen LogP contribution in [0.4, 0.5) is 0 Å². The number of ether oxygens (including phenoxy) is 2. The van der Waals surface area contributed by atoms with Gasteiger partial charge in [-0.3, -0.25) is 4.79 Å². The van der Waals surface area contributed by atoms with Crippen LogP contribution < -0.4 is 10.1 Å². The third kappa shape index (κ3) is 4.09. The molecule has 1 N–H and O–H groups in total. The molecule has 24 heavy (non-hydrogen) atoms. The van der Waals surface area contributed by atoms with Crippen LogP contribution in [0.5, 0.6) is 5.75 Å². The van der Waals surface area contributed by atoms with Crippen molar-refractivity contribution in [2.75, 3.05) is 13.7 Å². The van der Waals surface area contributed by atoms with Crippen molar-refractivity contribution >= 4 is 11.9 Å². The van der Waals surface area contributed by atoms with E-state index < -0.39 is 5.97 Å². The Bertz CT molecular complexity index is 722. The lowest BCUT2D eigenvalue weighted by Gasteiger charge is -2.04. The van der Waals surface area contributed by atoms with Crippen LogP contribution in [0, 0.1) is 5.92 Å². The molecule has 8 heteroatoms. The third-order valence-corrected chi connectivity index (χ3v) is 3.55. The van der Waals surface area contributed by atoms with Gasteiger partial charge in [-0.15, -0.1) is 0 Å². The van der Waals surface area contributed by atoms with E-state index in [4.69, 9.17) is 9.26 Å². The highest BCUT2D eigenvalue weighted by Crippen LogP contribution is 2.27. The van der Waals surface area contributed by atoms with Crippen molar-refractivity contribution in [1.82, 2.24) is 15.5 Å². The minimum absolute atomic E-state index is 0.0526. The summed E-state index contributed by atoms with van der Waals surface area (Å²) >= 11 is 0. The zero-order chi connectivity index (χ0) is 16.9. The highest BCUT2D eigenvalue weighted by Gasteiger charge is 2.23. The lowest BCUT2D eigenvalue weighted by atomic mass is 10.2. The zero-order valence-electron chi connectivity index (χ0n) is 13.2. The molecule has 1 saturated carbocycles. The molecule has 0 unspecified atom stereocenters. The second-order valence-electron chi connectivity index (χ2n) is 5.47. The molecule has 1 aliphatic carbocycles. The summed E-state index contributed by atoms with van der Waals surface area (Å²) in [6.07, 6.45) is 2.30. The van der Waals surface area contributed by atoms with E-state index in [-0.39, 0.29) is 24.2 Å². The fourth-order valence-corrected chi connectivity index (χ4v) is 1.99. The van der Waals surface area contributed by atoms with E-state index in [0.29, 0.717) is 23.8 Å². The van der Waals surface area contributed by atoms with E-state index in [1.807, 2.05) is 0 Å². The Morgan fingerprint density at radius 3 is 2.71 bits per heavy atom. The van der Waals surface area contributed by atoms with Gasteiger partial charge in [0.2, 0.25) is 5.82 Å². The van der Waals surface area contributed by atoms with Crippen molar-refractivity contribution in [2.45, 2.75) is 19.4 Å². The Balaban J connectivity index is 1.51. The molecule has 0 atom stereocenters. The topological polar surface area (TPSA) is 104 Å². The number of methoxy groups -OCH3 is 1. The van der Waals surface area contributed by atoms with Gasteiger partial charge in [-0.1, -0.05) is 5.16 Å². The van der Waals surface area contributed by atoms with Crippen LogP contribution in [0.1, 0.15) is 39.7 Å². The smallest absolute Gasteiger partial charge is 0.337 e. The number of amides is 1. The van der Waals surface area contributed by atoms with Crippen molar-refractivity contribution in [2.24, 2.45) is 5.92 Å². The van der Waals surface area contributed by atoms with Gasteiger partial charge in [0.1, 0.15) is 5.75 Å². The SMILES string of the molecule is COC(=O)c1ccc(OCc2noc(C(=O)NCC3CC3)n2)cc1. The number of hydrogen-bond acceptors (Lipinski definition) is 7. The van der Waals surface area contributed by atoms with E-state index in [9.17, 15) is 9.59 Å². The fourth-order valence-electron chi connectivity index (χ4n) is 1.99. The van der Waals surface area contributed by atoms with Crippen molar-refractivity contribution in [3.63, 3.8) is 0 Å². The molecular weight excluding hydrogens is 314 g/mol. The van der Waals surface area contributed by atoms with Gasteiger partial charge < -0.3 is 19.3 Å². The van der Waals surface area contributed by atoms with Crippen LogP contribution in [0.15, 0.2) is 28.8 Å². The second-order valence-corrected chi connectivity index (χ2v) is 5.47. The molecule has 3 rings (SSSR count). The molecule has 2 aromatic rings. The first-order chi connectivity index (χ1) is 11.7. The summed E-state index contributed by atoms with van der Waals surface area (Å²) in [7, 11) is 1.32. The maximum absolute atomic E-state index is 11.8. The molecule has 0 bridgehead atoms. The van der Waals surface area contributed by atoms with Gasteiger partial charge in [-0.2, -0.15) is 4.98 Å². The number of nitrogens with one attached hydrogen (secondary N) is 1. The summed E-state index contributed by atoms with van der Waals surface area (Å²) in [5, 5.41) is 6.46. The van der Waals surface area contributed by atoms with Gasteiger partial charge in [-0.05, 0) is 43.0 Å². The molecular formula is C16H17N3O5. The average molecular weight is 331 g/mol. The largest absolute Gasteiger partial charge is 0.485 e. The molecule has 1 amide bonds. The Kier molecular flexibility index (Phi) is 4.74. The van der Waals surface area contributed by atoms with E-state index in [1.54, 1.807) is 24.3 Å². The molecule has 0 radical (unpaired) electrons. The fraction of sp³-hybridized carbons (Fsp3) is 0.375. The first-order valence-electron chi connectivity index (χ1n) is 7.57. The van der Waals surface area contributed by atoms with Crippen molar-refractivity contribution in [3.8, 4) is 5.75 Å². The standard InChI is InChI=1S/C16H17N3O5/c1-22-16(21)11-4-6-12(7-5-11)23-9-13-18-15(24-19-13)14(20)17-8-10-2-3-10/h4-7,10H,2-3,8-9H2,1H3,(H,17,20). The first-order valence-corrected chi connectivity index (χ1v) is 7.57. The van der Waals surface area contributed by atoms with E-state index in [2.05, 4.69) is 20.2 Å². The molecule has 0 spiro atoms. The maximum Gasteiger partial charge on any atom is 0.337 e. The summed E-state index contributed by atoms with van der Waals surface area (Å²) in [6.45, 7) is 0.691. The second kappa shape index (κ2) is 7.12. The van der Waals surface area contributed by atoms with Crippen LogP contribution in [0.3, 0.4) is 0 Å². The summed E-state index contributed by atoms with van der Waals surface area (Å²) in [5.74, 6) is 0.517. The van der Waals surface area contributed by atoms with Crippen molar-refractivity contribution in [1.29, 1.82) is 0 Å². The van der Waals surface area contributed by atoms with Crippen molar-refractivity contribution < 1.29 is 23.6 Å². The number of hydrogen-bond donors (Lipinski definition) is 1. The van der Waals surface area contributed by atoms with Crippen LogP contribution in [0.25, 0.3) is 0 Å². The summed E-state index contributed by atoms with van der Waals surface area (Å²) in [6, 6.07) is 6.45. The molecule has 8 nitrogen and oxygen atoms in total. The first kappa shape index (κ1) is 16.0. The van der Waals surface area contributed by atoms with Crippen LogP contribution >= 0.6 is 0 Å². The molecule has 0 saturated heterocycles. The summed E-state index contributed by atoms with van der Waals surface area (Å²) in [4.78, 5) is 27.1. The molecule has 1 heterocycles. The Morgan fingerprint density at radius 1 is 1.29 bits per heavy atom. The Labute approximate surface area is 138 Å². The number of carbonyl (C=O) groups is 2. The maximum atomic E-state index is 11.8. The van der Waals surface area contributed by atoms with Crippen LogP contribution in [0.2, 0.25) is 0 Å². The quantitative estimate of drug-likeness (QED) is 0.768. The summed E-state index contributed by atoms with van der Waals surface area (Å²) < 4.78 is 15.0. The number of rotatable bonds is 7. The van der Waals surface area contributed by atoms with Gasteiger partial charge in [0.15, 0.2) is 6.61 Å².